The number of hydrogen-bond donors (Lipinski definition) is 1. The minimum absolute atomic E-state index is 0.0324. The summed E-state index contributed by atoms with van der Waals surface area (Å²) < 4.78 is 34.6. The summed E-state index contributed by atoms with van der Waals surface area (Å²) in [6.07, 6.45) is 67.2. The Balaban J connectivity index is 4.08. The first-order valence-corrected chi connectivity index (χ1v) is 31.0. The van der Waals surface area contributed by atoms with Gasteiger partial charge in [-0.25, -0.2) is 4.57 Å². The van der Waals surface area contributed by atoms with Crippen molar-refractivity contribution in [2.75, 3.05) is 47.5 Å². The van der Waals surface area contributed by atoms with Crippen molar-refractivity contribution in [3.05, 3.63) is 60.8 Å². The molecular weight excluding hydrogens is 906 g/mol. The molecule has 0 aromatic rings. The van der Waals surface area contributed by atoms with Gasteiger partial charge in [0.15, 0.2) is 6.10 Å². The molecule has 0 aromatic carbocycles. The van der Waals surface area contributed by atoms with E-state index in [-0.39, 0.29) is 25.6 Å². The second-order valence-electron chi connectivity index (χ2n) is 21.0. The molecule has 0 saturated heterocycles. The molecule has 0 spiro atoms. The lowest BCUT2D eigenvalue weighted by Gasteiger charge is -2.24. The highest BCUT2D eigenvalue weighted by atomic mass is 31.2. The van der Waals surface area contributed by atoms with Crippen molar-refractivity contribution in [2.45, 2.75) is 270 Å². The zero-order chi connectivity index (χ0) is 52.0. The number of nitrogens with zero attached hydrogens (tertiary/aromatic N) is 1. The third-order valence-corrected chi connectivity index (χ3v) is 13.8. The molecule has 0 rings (SSSR count). The van der Waals surface area contributed by atoms with Gasteiger partial charge in [-0.2, -0.15) is 0 Å². The Kier molecular flexibility index (Phi) is 50.9. The molecule has 2 atom stereocenters. The normalized spacial score (nSPS) is 13.7. The summed E-state index contributed by atoms with van der Waals surface area (Å²) >= 11 is 0. The summed E-state index contributed by atoms with van der Waals surface area (Å²) in [6, 6.07) is 0. The number of quaternary nitrogens is 1. The zero-order valence-electron chi connectivity index (χ0n) is 47.0. The van der Waals surface area contributed by atoms with Crippen molar-refractivity contribution in [2.24, 2.45) is 0 Å². The summed E-state index contributed by atoms with van der Waals surface area (Å²) in [6.45, 7) is 4.35. The number of carbonyl (C=O) groups excluding carboxylic acids is 2. The molecule has 0 radical (unpaired) electrons. The van der Waals surface area contributed by atoms with Gasteiger partial charge in [0, 0.05) is 12.8 Å². The first-order valence-electron chi connectivity index (χ1n) is 29.5. The van der Waals surface area contributed by atoms with Crippen molar-refractivity contribution in [3.63, 3.8) is 0 Å². The van der Waals surface area contributed by atoms with Gasteiger partial charge in [-0.3, -0.25) is 18.6 Å². The minimum Gasteiger partial charge on any atom is -0.462 e. The fourth-order valence-electron chi connectivity index (χ4n) is 8.28. The van der Waals surface area contributed by atoms with Crippen LogP contribution in [0.1, 0.15) is 264 Å². The fraction of sp³-hybridized carbons (Fsp3) is 0.803. The van der Waals surface area contributed by atoms with E-state index < -0.39 is 26.5 Å². The quantitative estimate of drug-likeness (QED) is 0.0211. The van der Waals surface area contributed by atoms with E-state index in [1.807, 2.05) is 21.1 Å². The van der Waals surface area contributed by atoms with Crippen LogP contribution in [0.5, 0.6) is 0 Å². The maximum Gasteiger partial charge on any atom is 0.472 e. The first-order chi connectivity index (χ1) is 34.5. The number of allylic oxidation sites excluding steroid dienone is 10. The van der Waals surface area contributed by atoms with Gasteiger partial charge < -0.3 is 18.9 Å². The van der Waals surface area contributed by atoms with E-state index in [1.165, 1.54) is 167 Å². The van der Waals surface area contributed by atoms with Crippen LogP contribution in [-0.4, -0.2) is 74.9 Å². The number of phosphoric ester groups is 1. The standard InChI is InChI=1S/C61H112NO8P/c1-6-8-10-12-14-16-18-20-22-24-25-26-27-28-29-30-31-32-33-34-35-36-37-38-40-42-44-46-48-50-52-54-61(64)70-59(58-69-71(65,66)68-56-55-62(3,4)5)57-67-60(63)53-51-49-47-45-43-41-39-23-21-19-17-15-13-11-9-7-2/h8,10,14,16,20,22,25-26,28-29,59H,6-7,9,11-13,15,17-19,21,23-24,27,30-58H2,1-5H3/p+1/b10-8-,16-14-,22-20-,26-25-,29-28-. The molecule has 0 aliphatic heterocycles. The van der Waals surface area contributed by atoms with Crippen molar-refractivity contribution in [1.82, 2.24) is 0 Å². The van der Waals surface area contributed by atoms with E-state index in [1.54, 1.807) is 0 Å². The minimum atomic E-state index is -4.38. The molecule has 9 nitrogen and oxygen atoms in total. The zero-order valence-corrected chi connectivity index (χ0v) is 47.9. The van der Waals surface area contributed by atoms with Crippen molar-refractivity contribution >= 4 is 19.8 Å². The van der Waals surface area contributed by atoms with E-state index in [0.717, 1.165) is 64.2 Å². The number of esters is 2. The summed E-state index contributed by atoms with van der Waals surface area (Å²) in [4.78, 5) is 35.7. The molecule has 2 unspecified atom stereocenters. The second-order valence-corrected chi connectivity index (χ2v) is 22.5. The molecule has 1 N–H and O–H groups in total. The second kappa shape index (κ2) is 52.6. The number of ether oxygens (including phenoxy) is 2. The molecule has 0 amide bonds. The summed E-state index contributed by atoms with van der Waals surface area (Å²) in [5.41, 5.74) is 0. The molecule has 71 heavy (non-hydrogen) atoms. The molecule has 414 valence electrons. The van der Waals surface area contributed by atoms with Crippen molar-refractivity contribution in [1.29, 1.82) is 0 Å². The van der Waals surface area contributed by atoms with Crippen LogP contribution in [0, 0.1) is 0 Å². The van der Waals surface area contributed by atoms with Gasteiger partial charge in [0.2, 0.25) is 0 Å². The van der Waals surface area contributed by atoms with Crippen molar-refractivity contribution in [3.8, 4) is 0 Å². The lowest BCUT2D eigenvalue weighted by atomic mass is 10.0. The number of rotatable bonds is 54. The Morgan fingerprint density at radius 1 is 0.451 bits per heavy atom. The van der Waals surface area contributed by atoms with Crippen LogP contribution in [-0.2, 0) is 32.7 Å². The highest BCUT2D eigenvalue weighted by Gasteiger charge is 2.27. The maximum absolute atomic E-state index is 12.8. The molecule has 0 bridgehead atoms. The van der Waals surface area contributed by atoms with Crippen LogP contribution in [0.3, 0.4) is 0 Å². The smallest absolute Gasteiger partial charge is 0.462 e. The summed E-state index contributed by atoms with van der Waals surface area (Å²) in [5.74, 6) is -0.787. The molecule has 0 aliphatic rings. The van der Waals surface area contributed by atoms with Crippen LogP contribution < -0.4 is 0 Å². The number of phosphoric acid groups is 1. The number of unbranched alkanes of at least 4 members (excludes halogenated alkanes) is 30. The monoisotopic (exact) mass is 1020 g/mol. The van der Waals surface area contributed by atoms with Gasteiger partial charge in [-0.15, -0.1) is 0 Å². The van der Waals surface area contributed by atoms with E-state index >= 15 is 0 Å². The van der Waals surface area contributed by atoms with Gasteiger partial charge in [0.25, 0.3) is 0 Å². The Hall–Kier alpha value is -2.29. The average Bonchev–Trinajstić information content (AvgIpc) is 3.33. The summed E-state index contributed by atoms with van der Waals surface area (Å²) in [5, 5.41) is 0. The maximum atomic E-state index is 12.8. The van der Waals surface area contributed by atoms with E-state index in [4.69, 9.17) is 18.5 Å². The molecule has 10 heteroatoms. The van der Waals surface area contributed by atoms with Crippen LogP contribution in [0.4, 0.5) is 0 Å². The van der Waals surface area contributed by atoms with Crippen LogP contribution in [0.25, 0.3) is 0 Å². The van der Waals surface area contributed by atoms with Crippen LogP contribution in [0.2, 0.25) is 0 Å². The first kappa shape index (κ1) is 68.7. The third-order valence-electron chi connectivity index (χ3n) is 12.8. The number of carbonyl (C=O) groups is 2. The van der Waals surface area contributed by atoms with E-state index in [2.05, 4.69) is 74.6 Å². The van der Waals surface area contributed by atoms with E-state index in [9.17, 15) is 19.0 Å². The molecule has 0 saturated carbocycles. The highest BCUT2D eigenvalue weighted by Crippen LogP contribution is 2.43. The lowest BCUT2D eigenvalue weighted by molar-refractivity contribution is -0.870. The molecule has 0 aromatic heterocycles. The van der Waals surface area contributed by atoms with Crippen molar-refractivity contribution < 1.29 is 42.1 Å². The van der Waals surface area contributed by atoms with Gasteiger partial charge in [0.1, 0.15) is 19.8 Å². The van der Waals surface area contributed by atoms with E-state index in [0.29, 0.717) is 23.9 Å². The van der Waals surface area contributed by atoms with Gasteiger partial charge >= 0.3 is 19.8 Å². The van der Waals surface area contributed by atoms with Crippen LogP contribution >= 0.6 is 7.82 Å². The van der Waals surface area contributed by atoms with Crippen LogP contribution in [0.15, 0.2) is 60.8 Å². The van der Waals surface area contributed by atoms with Gasteiger partial charge in [-0.05, 0) is 57.8 Å². The molecule has 0 aliphatic carbocycles. The molecule has 0 heterocycles. The average molecular weight is 1020 g/mol. The fourth-order valence-corrected chi connectivity index (χ4v) is 9.02. The Labute approximate surface area is 438 Å². The third kappa shape index (κ3) is 56.9. The Bertz CT molecular complexity index is 1380. The SMILES string of the molecule is CC/C=C\C/C=C\C/C=C\C/C=C\C/C=C\CCCCCCCCCCCCCCCCCC(=O)OC(COC(=O)CCCCCCCCCCCCCCCCCC)COP(=O)(O)OCC[N+](C)(C)C. The predicted molar refractivity (Wildman–Crippen MR) is 303 cm³/mol. The number of likely N-dealkylation sites (N-methyl/N-ethyl adjacent to an activating group) is 1. The summed E-state index contributed by atoms with van der Waals surface area (Å²) in [7, 11) is 1.48. The lowest BCUT2D eigenvalue weighted by Crippen LogP contribution is -2.37. The Morgan fingerprint density at radius 3 is 1.20 bits per heavy atom. The highest BCUT2D eigenvalue weighted by molar-refractivity contribution is 7.47. The molecular formula is C61H113NO8P+. The van der Waals surface area contributed by atoms with Gasteiger partial charge in [-0.1, -0.05) is 254 Å². The largest absolute Gasteiger partial charge is 0.472 e. The Morgan fingerprint density at radius 2 is 0.803 bits per heavy atom. The predicted octanol–water partition coefficient (Wildman–Crippen LogP) is 18.3. The molecule has 0 fully saturated rings. The topological polar surface area (TPSA) is 108 Å². The number of hydrogen-bond acceptors (Lipinski definition) is 7. The van der Waals surface area contributed by atoms with Gasteiger partial charge in [0.05, 0.1) is 27.7 Å².